The van der Waals surface area contributed by atoms with Crippen molar-refractivity contribution >= 4 is 17.2 Å². The van der Waals surface area contributed by atoms with Crippen LogP contribution < -0.4 is 10.1 Å². The van der Waals surface area contributed by atoms with Gasteiger partial charge in [0.05, 0.1) is 11.8 Å². The minimum absolute atomic E-state index is 0.133. The van der Waals surface area contributed by atoms with E-state index in [2.05, 4.69) is 38.2 Å². The van der Waals surface area contributed by atoms with E-state index in [0.717, 1.165) is 41.5 Å². The third-order valence-electron chi connectivity index (χ3n) is 6.53. The number of phenolic OH excluding ortho intramolecular Hbond substituents is 1. The third kappa shape index (κ3) is 6.07. The molecule has 0 heterocycles. The molecule has 4 nitrogen and oxygen atoms in total. The van der Waals surface area contributed by atoms with Crippen molar-refractivity contribution in [2.24, 2.45) is 5.92 Å². The third-order valence-corrected chi connectivity index (χ3v) is 6.53. The topological polar surface area (TPSA) is 58.6 Å². The number of amides is 1. The summed E-state index contributed by atoms with van der Waals surface area (Å²) in [5.41, 5.74) is 5.44. The fourth-order valence-corrected chi connectivity index (χ4v) is 4.31. The quantitative estimate of drug-likeness (QED) is 0.407. The highest BCUT2D eigenvalue weighted by Gasteiger charge is 2.21. The second-order valence-electron chi connectivity index (χ2n) is 9.06. The van der Waals surface area contributed by atoms with Crippen molar-refractivity contribution in [3.63, 3.8) is 0 Å². The molecule has 2 aromatic carbocycles. The Kier molecular flexibility index (Phi) is 8.37. The van der Waals surface area contributed by atoms with Crippen molar-refractivity contribution in [1.29, 1.82) is 0 Å². The number of phenols is 1. The highest BCUT2D eigenvalue weighted by atomic mass is 16.5. The van der Waals surface area contributed by atoms with E-state index in [1.54, 1.807) is 0 Å². The highest BCUT2D eigenvalue weighted by Crippen LogP contribution is 2.41. The van der Waals surface area contributed by atoms with Crippen molar-refractivity contribution in [1.82, 2.24) is 0 Å². The van der Waals surface area contributed by atoms with Crippen LogP contribution in [0.4, 0.5) is 5.69 Å². The molecule has 1 aliphatic rings. The van der Waals surface area contributed by atoms with Crippen molar-refractivity contribution < 1.29 is 14.6 Å². The molecule has 4 heteroatoms. The SMILES string of the molecule is C/C=C(C)\C=C(\c1cccc(-c2ccc(NC(C)=O)c(OC3CCCC3)c2)c1O)C(C)CC. The summed E-state index contributed by atoms with van der Waals surface area (Å²) in [4.78, 5) is 11.7. The maximum atomic E-state index is 11.7. The molecule has 1 amide bonds. The van der Waals surface area contributed by atoms with Gasteiger partial charge in [-0.25, -0.2) is 0 Å². The number of aromatic hydroxyl groups is 1. The molecule has 2 aromatic rings. The van der Waals surface area contributed by atoms with Crippen molar-refractivity contribution in [3.8, 4) is 22.6 Å². The maximum absolute atomic E-state index is 11.7. The number of hydrogen-bond acceptors (Lipinski definition) is 3. The Morgan fingerprint density at radius 1 is 1.21 bits per heavy atom. The van der Waals surface area contributed by atoms with E-state index in [1.165, 1.54) is 25.3 Å². The fourth-order valence-electron chi connectivity index (χ4n) is 4.31. The molecular weight excluding hydrogens is 410 g/mol. The molecule has 0 saturated heterocycles. The number of allylic oxidation sites excluding steroid dienone is 4. The summed E-state index contributed by atoms with van der Waals surface area (Å²) in [6.07, 6.45) is 9.78. The molecule has 1 fully saturated rings. The number of anilines is 1. The van der Waals surface area contributed by atoms with E-state index >= 15 is 0 Å². The van der Waals surface area contributed by atoms with Crippen LogP contribution in [0.25, 0.3) is 16.7 Å². The van der Waals surface area contributed by atoms with Gasteiger partial charge in [-0.1, -0.05) is 55.8 Å². The fraction of sp³-hybridized carbons (Fsp3) is 0.414. The van der Waals surface area contributed by atoms with Gasteiger partial charge in [0.25, 0.3) is 0 Å². The minimum atomic E-state index is -0.133. The number of benzene rings is 2. The lowest BCUT2D eigenvalue weighted by molar-refractivity contribution is -0.114. The highest BCUT2D eigenvalue weighted by molar-refractivity contribution is 5.91. The molecule has 3 rings (SSSR count). The molecule has 1 saturated carbocycles. The number of nitrogens with one attached hydrogen (secondary N) is 1. The number of hydrogen-bond donors (Lipinski definition) is 2. The number of carbonyl (C=O) groups is 1. The average molecular weight is 448 g/mol. The van der Waals surface area contributed by atoms with Crippen LogP contribution in [0.2, 0.25) is 0 Å². The van der Waals surface area contributed by atoms with Gasteiger partial charge in [-0.2, -0.15) is 0 Å². The van der Waals surface area contributed by atoms with E-state index in [9.17, 15) is 9.90 Å². The Labute approximate surface area is 198 Å². The number of carbonyl (C=O) groups excluding carboxylic acids is 1. The van der Waals surface area contributed by atoms with Crippen LogP contribution in [0.15, 0.2) is 54.1 Å². The number of para-hydroxylation sites is 1. The maximum Gasteiger partial charge on any atom is 0.221 e. The van der Waals surface area contributed by atoms with Crippen LogP contribution in [-0.4, -0.2) is 17.1 Å². The van der Waals surface area contributed by atoms with Gasteiger partial charge >= 0.3 is 0 Å². The van der Waals surface area contributed by atoms with E-state index in [-0.39, 0.29) is 17.8 Å². The molecule has 176 valence electrons. The zero-order valence-electron chi connectivity index (χ0n) is 20.6. The predicted octanol–water partition coefficient (Wildman–Crippen LogP) is 7.73. The van der Waals surface area contributed by atoms with Gasteiger partial charge in [0.15, 0.2) is 0 Å². The Hall–Kier alpha value is -3.01. The van der Waals surface area contributed by atoms with Gasteiger partial charge in [-0.05, 0) is 75.1 Å². The van der Waals surface area contributed by atoms with E-state index < -0.39 is 0 Å². The summed E-state index contributed by atoms with van der Waals surface area (Å²) in [5.74, 6) is 1.10. The first-order valence-electron chi connectivity index (χ1n) is 12.1. The minimum Gasteiger partial charge on any atom is -0.507 e. The smallest absolute Gasteiger partial charge is 0.221 e. The standard InChI is InChI=1S/C29H37NO3/c1-6-19(3)17-26(20(4)7-2)25-14-10-13-24(29(25)32)22-15-16-27(30-21(5)31)28(18-22)33-23-11-8-9-12-23/h6,10,13-18,20,23,32H,7-9,11-12H2,1-5H3,(H,30,31)/b19-6-,26-17+. The van der Waals surface area contributed by atoms with Crippen molar-refractivity contribution in [2.45, 2.75) is 72.8 Å². The molecule has 0 aromatic heterocycles. The lowest BCUT2D eigenvalue weighted by atomic mass is 9.88. The van der Waals surface area contributed by atoms with Crippen LogP contribution in [-0.2, 0) is 4.79 Å². The molecule has 0 radical (unpaired) electrons. The summed E-state index contributed by atoms with van der Waals surface area (Å²) in [6, 6.07) is 11.6. The van der Waals surface area contributed by atoms with Gasteiger partial charge in [0.2, 0.25) is 5.91 Å². The molecule has 1 unspecified atom stereocenters. The Morgan fingerprint density at radius 2 is 1.94 bits per heavy atom. The predicted molar refractivity (Wildman–Crippen MR) is 138 cm³/mol. The lowest BCUT2D eigenvalue weighted by Crippen LogP contribution is -2.14. The Morgan fingerprint density at radius 3 is 2.58 bits per heavy atom. The lowest BCUT2D eigenvalue weighted by Gasteiger charge is -2.20. The Balaban J connectivity index is 2.07. The van der Waals surface area contributed by atoms with Crippen LogP contribution >= 0.6 is 0 Å². The summed E-state index contributed by atoms with van der Waals surface area (Å²) < 4.78 is 6.29. The summed E-state index contributed by atoms with van der Waals surface area (Å²) in [5, 5.41) is 14.2. The summed E-state index contributed by atoms with van der Waals surface area (Å²) >= 11 is 0. The molecular formula is C29H37NO3. The number of ether oxygens (including phenoxy) is 1. The van der Waals surface area contributed by atoms with Gasteiger partial charge in [-0.15, -0.1) is 0 Å². The van der Waals surface area contributed by atoms with E-state index in [0.29, 0.717) is 17.4 Å². The second-order valence-corrected chi connectivity index (χ2v) is 9.06. The molecule has 2 N–H and O–H groups in total. The summed E-state index contributed by atoms with van der Waals surface area (Å²) in [7, 11) is 0. The molecule has 33 heavy (non-hydrogen) atoms. The van der Waals surface area contributed by atoms with E-state index in [4.69, 9.17) is 4.74 Å². The van der Waals surface area contributed by atoms with Gasteiger partial charge in [0, 0.05) is 18.1 Å². The molecule has 0 aliphatic heterocycles. The largest absolute Gasteiger partial charge is 0.507 e. The van der Waals surface area contributed by atoms with Crippen molar-refractivity contribution in [2.75, 3.05) is 5.32 Å². The average Bonchev–Trinajstić information content (AvgIpc) is 3.31. The monoisotopic (exact) mass is 447 g/mol. The van der Waals surface area contributed by atoms with Gasteiger partial charge in [-0.3, -0.25) is 4.79 Å². The van der Waals surface area contributed by atoms with Crippen LogP contribution in [0.5, 0.6) is 11.5 Å². The van der Waals surface area contributed by atoms with Crippen molar-refractivity contribution in [3.05, 3.63) is 59.7 Å². The summed E-state index contributed by atoms with van der Waals surface area (Å²) in [6.45, 7) is 9.96. The first-order valence-corrected chi connectivity index (χ1v) is 12.1. The van der Waals surface area contributed by atoms with Crippen LogP contribution in [0, 0.1) is 5.92 Å². The molecule has 0 spiro atoms. The first kappa shape index (κ1) is 24.6. The molecule has 1 atom stereocenters. The molecule has 0 bridgehead atoms. The normalized spacial score (nSPS) is 16.0. The zero-order valence-corrected chi connectivity index (χ0v) is 20.6. The van der Waals surface area contributed by atoms with Gasteiger partial charge < -0.3 is 15.2 Å². The second kappa shape index (κ2) is 11.2. The Bertz CT molecular complexity index is 1040. The van der Waals surface area contributed by atoms with Gasteiger partial charge in [0.1, 0.15) is 11.5 Å². The van der Waals surface area contributed by atoms with E-state index in [1.807, 2.05) is 43.3 Å². The number of rotatable bonds is 8. The first-order chi connectivity index (χ1) is 15.8. The zero-order chi connectivity index (χ0) is 24.0. The van der Waals surface area contributed by atoms with Crippen LogP contribution in [0.1, 0.15) is 72.3 Å². The van der Waals surface area contributed by atoms with Crippen LogP contribution in [0.3, 0.4) is 0 Å². The molecule has 1 aliphatic carbocycles.